The average Bonchev–Trinajstić information content (AvgIpc) is 2.53. The van der Waals surface area contributed by atoms with Gasteiger partial charge in [0.1, 0.15) is 18.5 Å². The van der Waals surface area contributed by atoms with Gasteiger partial charge in [-0.1, -0.05) is 36.9 Å². The minimum atomic E-state index is -0.235. The lowest BCUT2D eigenvalue weighted by molar-refractivity contribution is 0.0935. The van der Waals surface area contributed by atoms with Gasteiger partial charge in [-0.25, -0.2) is 0 Å². The number of carbonyl (C=O) groups is 1. The summed E-state index contributed by atoms with van der Waals surface area (Å²) < 4.78 is 5.45. The number of benzene rings is 2. The molecular formula is C17H16N2O2. The van der Waals surface area contributed by atoms with Crippen molar-refractivity contribution in [2.45, 2.75) is 6.17 Å². The quantitative estimate of drug-likeness (QED) is 0.846. The number of amides is 1. The average molecular weight is 280 g/mol. The van der Waals surface area contributed by atoms with E-state index >= 15 is 0 Å². The van der Waals surface area contributed by atoms with Crippen LogP contribution in [0, 0.1) is 0 Å². The molecule has 0 bridgehead atoms. The summed E-state index contributed by atoms with van der Waals surface area (Å²) in [6.07, 6.45) is 1.47. The van der Waals surface area contributed by atoms with Crippen molar-refractivity contribution in [3.05, 3.63) is 72.3 Å². The molecule has 0 saturated carbocycles. The van der Waals surface area contributed by atoms with Gasteiger partial charge >= 0.3 is 0 Å². The van der Waals surface area contributed by atoms with Crippen molar-refractivity contribution in [2.75, 3.05) is 11.9 Å². The Hall–Kier alpha value is -2.75. The molecule has 106 valence electrons. The molecule has 2 aromatic rings. The molecule has 4 nitrogen and oxygen atoms in total. The number of nitrogens with one attached hydrogen (secondary N) is 2. The molecule has 2 aromatic carbocycles. The van der Waals surface area contributed by atoms with E-state index in [2.05, 4.69) is 17.2 Å². The predicted molar refractivity (Wildman–Crippen MR) is 82.4 cm³/mol. The van der Waals surface area contributed by atoms with Crippen molar-refractivity contribution in [1.29, 1.82) is 0 Å². The third-order valence-electron chi connectivity index (χ3n) is 3.33. The Morgan fingerprint density at radius 1 is 1.10 bits per heavy atom. The van der Waals surface area contributed by atoms with E-state index in [0.717, 1.165) is 17.0 Å². The predicted octanol–water partition coefficient (Wildman–Crippen LogP) is 3.11. The number of para-hydroxylation sites is 1. The second kappa shape index (κ2) is 5.71. The van der Waals surface area contributed by atoms with E-state index in [1.165, 1.54) is 0 Å². The highest BCUT2D eigenvalue weighted by Gasteiger charge is 2.23. The van der Waals surface area contributed by atoms with Crippen LogP contribution in [0.4, 0.5) is 5.69 Å². The topological polar surface area (TPSA) is 50.4 Å². The lowest BCUT2D eigenvalue weighted by Gasteiger charge is -2.28. The minimum Gasteiger partial charge on any atom is -0.490 e. The van der Waals surface area contributed by atoms with E-state index in [1.54, 1.807) is 12.1 Å². The van der Waals surface area contributed by atoms with Crippen molar-refractivity contribution in [1.82, 2.24) is 5.32 Å². The first-order valence-electron chi connectivity index (χ1n) is 6.78. The molecule has 1 amide bonds. The van der Waals surface area contributed by atoms with Gasteiger partial charge in [0, 0.05) is 5.69 Å². The monoisotopic (exact) mass is 280 g/mol. The van der Waals surface area contributed by atoms with Crippen molar-refractivity contribution < 1.29 is 9.53 Å². The minimum absolute atomic E-state index is 0.0682. The van der Waals surface area contributed by atoms with Gasteiger partial charge in [0.05, 0.1) is 5.56 Å². The Bertz CT molecular complexity index is 665. The second-order valence-electron chi connectivity index (χ2n) is 4.77. The summed E-state index contributed by atoms with van der Waals surface area (Å²) in [7, 11) is 0. The second-order valence-corrected chi connectivity index (χ2v) is 4.77. The van der Waals surface area contributed by atoms with E-state index in [0.29, 0.717) is 12.2 Å². The molecule has 1 heterocycles. The highest BCUT2D eigenvalue weighted by molar-refractivity contribution is 6.01. The molecule has 3 rings (SSSR count). The molecule has 21 heavy (non-hydrogen) atoms. The van der Waals surface area contributed by atoms with E-state index < -0.39 is 0 Å². The summed E-state index contributed by atoms with van der Waals surface area (Å²) in [4.78, 5) is 12.1. The Labute approximate surface area is 123 Å². The molecule has 0 unspecified atom stereocenters. The van der Waals surface area contributed by atoms with Crippen LogP contribution in [0.1, 0.15) is 22.1 Å². The van der Waals surface area contributed by atoms with Crippen LogP contribution in [0.3, 0.4) is 0 Å². The number of hydrogen-bond donors (Lipinski definition) is 2. The first-order valence-corrected chi connectivity index (χ1v) is 6.78. The van der Waals surface area contributed by atoms with Gasteiger partial charge in [0.25, 0.3) is 5.91 Å². The van der Waals surface area contributed by atoms with Crippen LogP contribution < -0.4 is 15.4 Å². The zero-order valence-electron chi connectivity index (χ0n) is 11.5. The van der Waals surface area contributed by atoms with Crippen molar-refractivity contribution in [2.24, 2.45) is 0 Å². The van der Waals surface area contributed by atoms with Crippen molar-refractivity contribution in [3.8, 4) is 5.75 Å². The molecule has 0 aromatic heterocycles. The van der Waals surface area contributed by atoms with Gasteiger partial charge in [-0.15, -0.1) is 0 Å². The Kier molecular flexibility index (Phi) is 3.60. The first-order chi connectivity index (χ1) is 10.3. The Morgan fingerprint density at radius 3 is 2.62 bits per heavy atom. The lowest BCUT2D eigenvalue weighted by atomic mass is 10.1. The fourth-order valence-electron chi connectivity index (χ4n) is 2.29. The van der Waals surface area contributed by atoms with Crippen LogP contribution in [-0.4, -0.2) is 12.5 Å². The van der Waals surface area contributed by atoms with Gasteiger partial charge in [-0.3, -0.25) is 4.79 Å². The fourth-order valence-corrected chi connectivity index (χ4v) is 2.29. The lowest BCUT2D eigenvalue weighted by Crippen LogP contribution is -2.38. The van der Waals surface area contributed by atoms with E-state index in [1.807, 2.05) is 42.5 Å². The summed E-state index contributed by atoms with van der Waals surface area (Å²) >= 11 is 0. The fraction of sp³-hybridized carbons (Fsp3) is 0.118. The van der Waals surface area contributed by atoms with E-state index in [-0.39, 0.29) is 12.1 Å². The van der Waals surface area contributed by atoms with Crippen LogP contribution in [0.15, 0.2) is 61.2 Å². The molecule has 0 saturated heterocycles. The highest BCUT2D eigenvalue weighted by Crippen LogP contribution is 2.27. The maximum Gasteiger partial charge on any atom is 0.255 e. The summed E-state index contributed by atoms with van der Waals surface area (Å²) in [6, 6.07) is 15.1. The van der Waals surface area contributed by atoms with Crippen LogP contribution in [0.2, 0.25) is 0 Å². The molecule has 0 aliphatic carbocycles. The molecule has 0 spiro atoms. The maximum atomic E-state index is 12.1. The zero-order valence-corrected chi connectivity index (χ0v) is 11.5. The van der Waals surface area contributed by atoms with Crippen molar-refractivity contribution in [3.63, 3.8) is 0 Å². The summed E-state index contributed by atoms with van der Waals surface area (Å²) in [6.45, 7) is 4.09. The summed E-state index contributed by atoms with van der Waals surface area (Å²) in [5.74, 6) is 0.711. The zero-order chi connectivity index (χ0) is 14.7. The largest absolute Gasteiger partial charge is 0.490 e. The van der Waals surface area contributed by atoms with Crippen LogP contribution >= 0.6 is 0 Å². The van der Waals surface area contributed by atoms with Gasteiger partial charge in [-0.2, -0.15) is 0 Å². The number of anilines is 1. The van der Waals surface area contributed by atoms with Gasteiger partial charge in [0.2, 0.25) is 0 Å². The number of rotatable bonds is 4. The van der Waals surface area contributed by atoms with Crippen LogP contribution in [0.25, 0.3) is 0 Å². The Balaban J connectivity index is 1.79. The molecule has 1 atom stereocenters. The molecule has 0 radical (unpaired) electrons. The van der Waals surface area contributed by atoms with Crippen molar-refractivity contribution >= 4 is 11.6 Å². The number of fused-ring (bicyclic) bond motifs is 1. The Morgan fingerprint density at radius 2 is 1.86 bits per heavy atom. The summed E-state index contributed by atoms with van der Waals surface area (Å²) in [5.41, 5.74) is 2.49. The van der Waals surface area contributed by atoms with Gasteiger partial charge < -0.3 is 15.4 Å². The third kappa shape index (κ3) is 2.74. The van der Waals surface area contributed by atoms with Gasteiger partial charge in [0.15, 0.2) is 0 Å². The van der Waals surface area contributed by atoms with E-state index in [9.17, 15) is 4.79 Å². The highest BCUT2D eigenvalue weighted by atomic mass is 16.5. The maximum absolute atomic E-state index is 12.1. The molecule has 4 heteroatoms. The van der Waals surface area contributed by atoms with Gasteiger partial charge in [-0.05, 0) is 29.8 Å². The summed E-state index contributed by atoms with van der Waals surface area (Å²) in [5, 5.41) is 6.26. The normalized spacial score (nSPS) is 16.4. The number of hydrogen-bond acceptors (Lipinski definition) is 3. The molecule has 0 fully saturated rings. The first kappa shape index (κ1) is 13.2. The standard InChI is InChI=1S/C17H16N2O2/c1-2-11-21-13-9-7-12(8-10-13)16-18-15-6-4-3-5-14(15)17(20)19-16/h2-10,16,18H,1,11H2,(H,19,20)/t16-/m1/s1. The van der Waals surface area contributed by atoms with E-state index in [4.69, 9.17) is 4.74 Å². The third-order valence-corrected chi connectivity index (χ3v) is 3.33. The van der Waals surface area contributed by atoms with Crippen LogP contribution in [0.5, 0.6) is 5.75 Å². The molecule has 1 aliphatic rings. The SMILES string of the molecule is C=CCOc1ccc([C@H]2NC(=O)c3ccccc3N2)cc1. The smallest absolute Gasteiger partial charge is 0.255 e. The van der Waals surface area contributed by atoms with Crippen LogP contribution in [-0.2, 0) is 0 Å². The molecule has 2 N–H and O–H groups in total. The number of ether oxygens (including phenoxy) is 1. The number of carbonyl (C=O) groups excluding carboxylic acids is 1. The molecular weight excluding hydrogens is 264 g/mol. The molecule has 1 aliphatic heterocycles.